The number of furan rings is 1. The molecule has 0 bridgehead atoms. The molecule has 768 valence electrons. The molecule has 1 unspecified atom stereocenters. The number of ether oxygens (including phenoxy) is 3. The molecule has 8 aliphatic rings. The van der Waals surface area contributed by atoms with Gasteiger partial charge in [-0.2, -0.15) is 0 Å². The van der Waals surface area contributed by atoms with Crippen LogP contribution in [0.2, 0.25) is 15.1 Å². The van der Waals surface area contributed by atoms with Crippen molar-refractivity contribution in [2.45, 2.75) is 200 Å². The lowest BCUT2D eigenvalue weighted by Crippen LogP contribution is -2.44. The lowest BCUT2D eigenvalue weighted by molar-refractivity contribution is 0.0752. The van der Waals surface area contributed by atoms with Crippen LogP contribution in [0.25, 0.3) is 0 Å². The summed E-state index contributed by atoms with van der Waals surface area (Å²) in [6.07, 6.45) is 14.8. The molecule has 13 atom stereocenters. The molecule has 47 heteroatoms. The molecular weight excluding hydrogens is 2140 g/mol. The first-order chi connectivity index (χ1) is 64.8. The maximum Gasteiger partial charge on any atom is 0.193 e. The van der Waals surface area contributed by atoms with Gasteiger partial charge >= 0.3 is 0 Å². The Morgan fingerprint density at radius 2 is 0.739 bits per heavy atom. The highest BCUT2D eigenvalue weighted by molar-refractivity contribution is 8.00. The Kier molecular flexibility index (Phi) is 40.6. The van der Waals surface area contributed by atoms with E-state index in [1.165, 1.54) is 84.4 Å². The van der Waals surface area contributed by atoms with Gasteiger partial charge in [-0.25, -0.2) is 101 Å². The van der Waals surface area contributed by atoms with E-state index in [9.17, 15) is 101 Å². The SMILES string of the molecule is CC(C)OCCCC[C@H]1CS(=O)(=O)C[C@@H]1S(=O)(=O)c1ccc(Cl)cc1.COCCC[C@H]1CS(=O)(=O)C[C@@H]1S(=O)(=O)c1ccc(Cl)cc1.O=S1(=O)C[C@H](CCC2CCCO2)[C@@H](S(=O)(=O)c2cccs2)C1.O=S1(=O)C[C@H](CCCCc2ccccc2)[C@@H](S(=O)(=O)c2ccc(Cl)cc2)C1.O=S1(=O)C[C@H](CCc2ccco2)[C@@H](S(=O)(=O)c2cccs2)C1.O=S1(=O)C[C@H](N2CCCC2)[C@@H](S(=O)(=O)c2cccs2)C1. The lowest BCUT2D eigenvalue weighted by Gasteiger charge is -2.27. The molecular formula is C91H120Cl3NO28S15. The fourth-order valence-corrected chi connectivity index (χ4v) is 52.9. The Balaban J connectivity index is 0.000000159. The first-order valence-electron chi connectivity index (χ1n) is 45.4. The van der Waals surface area contributed by atoms with Gasteiger partial charge in [0, 0.05) is 54.5 Å². The van der Waals surface area contributed by atoms with Gasteiger partial charge in [0.25, 0.3) is 0 Å². The summed E-state index contributed by atoms with van der Waals surface area (Å²) >= 11 is 20.9. The van der Waals surface area contributed by atoms with E-state index in [1.54, 1.807) is 65.9 Å². The smallest absolute Gasteiger partial charge is 0.193 e. The summed E-state index contributed by atoms with van der Waals surface area (Å²) in [7, 11) is -40.1. The molecule has 4 aromatic carbocycles. The van der Waals surface area contributed by atoms with Gasteiger partial charge in [-0.05, 0) is 271 Å². The Labute approximate surface area is 842 Å². The number of sulfone groups is 12. The van der Waals surface area contributed by atoms with Crippen LogP contribution in [0.3, 0.4) is 0 Å². The van der Waals surface area contributed by atoms with E-state index >= 15 is 0 Å². The summed E-state index contributed by atoms with van der Waals surface area (Å²) in [5, 5.41) is 1.31. The van der Waals surface area contributed by atoms with E-state index in [4.69, 9.17) is 53.4 Å². The van der Waals surface area contributed by atoms with Crippen LogP contribution in [0.1, 0.15) is 121 Å². The molecule has 0 spiro atoms. The topological polar surface area (TPSA) is 454 Å². The molecule has 29 nitrogen and oxygen atoms in total. The van der Waals surface area contributed by atoms with Crippen LogP contribution in [0.4, 0.5) is 0 Å². The highest BCUT2D eigenvalue weighted by atomic mass is 35.5. The van der Waals surface area contributed by atoms with Gasteiger partial charge in [-0.3, -0.25) is 4.90 Å². The van der Waals surface area contributed by atoms with Crippen LogP contribution >= 0.6 is 68.8 Å². The van der Waals surface area contributed by atoms with E-state index in [2.05, 4.69) is 12.1 Å². The van der Waals surface area contributed by atoms with Gasteiger partial charge in [0.05, 0.1) is 134 Å². The molecule has 138 heavy (non-hydrogen) atoms. The monoisotopic (exact) mass is 2260 g/mol. The zero-order chi connectivity index (χ0) is 101. The second-order valence-electron chi connectivity index (χ2n) is 36.3. The molecule has 12 heterocycles. The molecule has 4 aromatic heterocycles. The van der Waals surface area contributed by atoms with Crippen LogP contribution in [0.5, 0.6) is 0 Å². The van der Waals surface area contributed by atoms with Crippen LogP contribution in [-0.4, -0.2) is 265 Å². The molecule has 8 aliphatic heterocycles. The molecule has 8 aromatic rings. The van der Waals surface area contributed by atoms with E-state index < -0.39 is 150 Å². The third-order valence-electron chi connectivity index (χ3n) is 25.8. The van der Waals surface area contributed by atoms with Gasteiger partial charge in [0.2, 0.25) is 0 Å². The summed E-state index contributed by atoms with van der Waals surface area (Å²) < 4.78 is 319. The fourth-order valence-electron chi connectivity index (χ4n) is 18.9. The standard InChI is InChI=1S/C20H23ClO4S2.C17H25ClO5S2.C14H19ClO5S2.C14H20O5S3.C14H16O5S3.C12H17NO4S3/c21-18-10-12-19(13-11-18)27(24,25)20-15-26(22,23)14-17(20)9-5-4-8-16-6-2-1-3-7-16;1-13(2)23-10-4-3-5-14-11-24(19,20)12-17(14)25(21,22)16-8-6-15(18)7-9-16;1-20-8-2-3-11-9-21(16,17)10-14(11)22(18,19)13-6-4-12(15)5-7-13;2*15-21(16)9-11(5-6-12-3-1-7-19-12)13(10-21)22(17,18)14-4-2-8-20-14;14-19(15)8-10(13-5-1-2-6-13)11(9-19)20(16,17)12-4-3-7-18-12/h1-3,6-7,10-13,17,20H,4-5,8-9,14-15H2;6-9,13-14,17H,3-5,10-12H2,1-2H3;4-7,11,14H,2-3,8-10H2,1H3;2,4,8,11-13H,1,3,5-7,9-10H2;1-4,7-8,11,13H,5-6,9-10H2;3-4,7,10-11H,1-2,5-6,8-9H2/t17-,20-;14-,17-;11-,14-;11-,12?,13-;11-,13-;10-,11-/m000000/s1. The van der Waals surface area contributed by atoms with Crippen LogP contribution in [-0.2, 0) is 145 Å². The minimum Gasteiger partial charge on any atom is -0.469 e. The number of nitrogens with zero attached hydrogens (tertiary/aromatic N) is 1. The van der Waals surface area contributed by atoms with Gasteiger partial charge in [0.1, 0.15) is 18.4 Å². The number of unbranched alkanes of at least 4 members (excludes halogenated alkanes) is 2. The average molecular weight is 2260 g/mol. The molecule has 0 saturated carbocycles. The normalized spacial score (nSPS) is 25.8. The Bertz CT molecular complexity index is 6750. The number of hydrogen-bond acceptors (Lipinski definition) is 32. The van der Waals surface area contributed by atoms with Gasteiger partial charge in [-0.15, -0.1) is 34.0 Å². The summed E-state index contributed by atoms with van der Waals surface area (Å²) in [5.74, 6) is -3.03. The molecule has 0 radical (unpaired) electrons. The van der Waals surface area contributed by atoms with Crippen molar-refractivity contribution in [1.82, 2.24) is 4.90 Å². The van der Waals surface area contributed by atoms with Gasteiger partial charge in [0.15, 0.2) is 118 Å². The number of thiophene rings is 3. The van der Waals surface area contributed by atoms with E-state index in [0.29, 0.717) is 73.2 Å². The van der Waals surface area contributed by atoms with Gasteiger partial charge in [-0.1, -0.05) is 96.2 Å². The summed E-state index contributed by atoms with van der Waals surface area (Å²) in [5.41, 5.74) is 1.24. The zero-order valence-electron chi connectivity index (χ0n) is 76.5. The number of aryl methyl sites for hydroxylation is 2. The minimum atomic E-state index is -3.70. The van der Waals surface area contributed by atoms with Crippen molar-refractivity contribution in [3.05, 3.63) is 200 Å². The van der Waals surface area contributed by atoms with Crippen LogP contribution in [0.15, 0.2) is 206 Å². The van der Waals surface area contributed by atoms with E-state index in [1.807, 2.05) is 43.0 Å². The number of likely N-dealkylation sites (tertiary alicyclic amines) is 1. The van der Waals surface area contributed by atoms with Crippen molar-refractivity contribution in [1.29, 1.82) is 0 Å². The Morgan fingerprint density at radius 3 is 1.11 bits per heavy atom. The molecule has 0 N–H and O–H groups in total. The maximum atomic E-state index is 13.0. The molecule has 0 amide bonds. The largest absolute Gasteiger partial charge is 0.469 e. The third kappa shape index (κ3) is 31.7. The summed E-state index contributed by atoms with van der Waals surface area (Å²) in [6.45, 7) is 7.37. The predicted molar refractivity (Wildman–Crippen MR) is 542 cm³/mol. The zero-order valence-corrected chi connectivity index (χ0v) is 91.0. The lowest BCUT2D eigenvalue weighted by atomic mass is 9.99. The first-order valence-corrected chi connectivity index (χ1v) is 69.4. The minimum absolute atomic E-state index is 0.0189. The number of rotatable bonds is 34. The van der Waals surface area contributed by atoms with Crippen molar-refractivity contribution in [2.75, 3.05) is 109 Å². The van der Waals surface area contributed by atoms with Crippen molar-refractivity contribution in [3.63, 3.8) is 0 Å². The second kappa shape index (κ2) is 49.3. The van der Waals surface area contributed by atoms with Crippen molar-refractivity contribution in [3.8, 4) is 0 Å². The summed E-state index contributed by atoms with van der Waals surface area (Å²) in [6, 6.07) is 40.7. The van der Waals surface area contributed by atoms with Crippen LogP contribution in [0, 0.1) is 29.6 Å². The predicted octanol–water partition coefficient (Wildman–Crippen LogP) is 13.9. The molecule has 8 fully saturated rings. The van der Waals surface area contributed by atoms with E-state index in [-0.39, 0.29) is 144 Å². The maximum absolute atomic E-state index is 13.0. The Hall–Kier alpha value is -4.63. The number of methoxy groups -OCH3 is 1. The highest BCUT2D eigenvalue weighted by Gasteiger charge is 2.53. The highest BCUT2D eigenvalue weighted by Crippen LogP contribution is 2.42. The van der Waals surface area contributed by atoms with E-state index in [0.717, 1.165) is 124 Å². The summed E-state index contributed by atoms with van der Waals surface area (Å²) in [4.78, 5) is 2.44. The van der Waals surface area contributed by atoms with Crippen molar-refractivity contribution < 1.29 is 120 Å². The van der Waals surface area contributed by atoms with Crippen LogP contribution < -0.4 is 0 Å². The molecule has 8 saturated heterocycles. The van der Waals surface area contributed by atoms with Crippen molar-refractivity contribution >= 4 is 187 Å². The molecule has 16 rings (SSSR count). The number of halogens is 3. The Morgan fingerprint density at radius 1 is 0.370 bits per heavy atom. The third-order valence-corrected chi connectivity index (χ3v) is 56.4. The van der Waals surface area contributed by atoms with Gasteiger partial charge < -0.3 is 18.6 Å². The second-order valence-corrected chi connectivity index (χ2v) is 67.1. The fraction of sp³-hybridized carbons (Fsp3) is 0.560. The number of hydrogen-bond donors (Lipinski definition) is 0. The number of benzene rings is 4. The quantitative estimate of drug-likeness (QED) is 0.0338. The average Bonchev–Trinajstić information content (AvgIpc) is 1.55. The first kappa shape index (κ1) is 114. The molecule has 0 aliphatic carbocycles. The van der Waals surface area contributed by atoms with Crippen molar-refractivity contribution in [2.24, 2.45) is 29.6 Å².